The molecular formula is C18H22ClFN2. The molecule has 0 aliphatic heterocycles. The van der Waals surface area contributed by atoms with Gasteiger partial charge in [0.25, 0.3) is 0 Å². The highest BCUT2D eigenvalue weighted by atomic mass is 35.5. The number of hydrogen-bond donors (Lipinski definition) is 0. The van der Waals surface area contributed by atoms with E-state index in [-0.39, 0.29) is 11.7 Å². The molecule has 22 heavy (non-hydrogen) atoms. The summed E-state index contributed by atoms with van der Waals surface area (Å²) in [4.78, 5) is 8.76. The molecule has 118 valence electrons. The van der Waals surface area contributed by atoms with Crippen LogP contribution in [-0.2, 0) is 6.42 Å². The van der Waals surface area contributed by atoms with Crippen molar-refractivity contribution in [3.05, 3.63) is 57.4 Å². The number of halogens is 2. The second kappa shape index (κ2) is 6.74. The van der Waals surface area contributed by atoms with Crippen LogP contribution in [0.1, 0.15) is 67.7 Å². The minimum absolute atomic E-state index is 0.256. The van der Waals surface area contributed by atoms with E-state index < -0.39 is 0 Å². The minimum atomic E-state index is -0.310. The standard InChI is InChI=1S/C18H22ClFN2/c1-10(2)15-7-13(14(20)9-21-15)8-17-18(19)12(5)6-16(22-17)11(3)4/h6-7,9-11H,8H2,1-5H3. The molecular weight excluding hydrogens is 299 g/mol. The predicted molar refractivity (Wildman–Crippen MR) is 89.2 cm³/mol. The molecule has 4 heteroatoms. The number of aromatic nitrogens is 2. The van der Waals surface area contributed by atoms with Gasteiger partial charge in [-0.3, -0.25) is 9.97 Å². The fourth-order valence-electron chi connectivity index (χ4n) is 2.29. The van der Waals surface area contributed by atoms with Gasteiger partial charge in [0.2, 0.25) is 0 Å². The van der Waals surface area contributed by atoms with Crippen LogP contribution in [0.5, 0.6) is 0 Å². The smallest absolute Gasteiger partial charge is 0.145 e. The predicted octanol–water partition coefficient (Wildman–Crippen LogP) is 5.42. The first-order chi connectivity index (χ1) is 10.3. The molecule has 0 unspecified atom stereocenters. The second-order valence-electron chi connectivity index (χ2n) is 6.31. The molecule has 0 bridgehead atoms. The molecule has 0 atom stereocenters. The minimum Gasteiger partial charge on any atom is -0.258 e. The summed E-state index contributed by atoms with van der Waals surface area (Å²) in [5, 5.41) is 0.617. The van der Waals surface area contributed by atoms with Crippen LogP contribution in [0.4, 0.5) is 4.39 Å². The van der Waals surface area contributed by atoms with E-state index in [2.05, 4.69) is 23.8 Å². The second-order valence-corrected chi connectivity index (χ2v) is 6.69. The molecule has 0 fully saturated rings. The van der Waals surface area contributed by atoms with Gasteiger partial charge < -0.3 is 0 Å². The summed E-state index contributed by atoms with van der Waals surface area (Å²) in [5.74, 6) is 0.254. The largest absolute Gasteiger partial charge is 0.258 e. The Bertz CT molecular complexity index is 681. The van der Waals surface area contributed by atoms with Gasteiger partial charge in [0.05, 0.1) is 16.9 Å². The van der Waals surface area contributed by atoms with Crippen molar-refractivity contribution in [3.8, 4) is 0 Å². The van der Waals surface area contributed by atoms with Crippen LogP contribution in [-0.4, -0.2) is 9.97 Å². The highest BCUT2D eigenvalue weighted by Crippen LogP contribution is 2.26. The number of pyridine rings is 2. The van der Waals surface area contributed by atoms with Gasteiger partial charge in [0, 0.05) is 17.8 Å². The van der Waals surface area contributed by atoms with Gasteiger partial charge in [0.15, 0.2) is 0 Å². The molecule has 0 N–H and O–H groups in total. The normalized spacial score (nSPS) is 11.5. The first kappa shape index (κ1) is 16.9. The summed E-state index contributed by atoms with van der Waals surface area (Å²) < 4.78 is 14.1. The van der Waals surface area contributed by atoms with E-state index >= 15 is 0 Å². The molecule has 0 aliphatic rings. The summed E-state index contributed by atoms with van der Waals surface area (Å²) >= 11 is 6.37. The summed E-state index contributed by atoms with van der Waals surface area (Å²) in [6.45, 7) is 10.2. The lowest BCUT2D eigenvalue weighted by Gasteiger charge is -2.13. The number of hydrogen-bond acceptors (Lipinski definition) is 2. The van der Waals surface area contributed by atoms with Crippen LogP contribution in [0.15, 0.2) is 18.3 Å². The molecule has 2 rings (SSSR count). The molecule has 2 aromatic heterocycles. The van der Waals surface area contributed by atoms with E-state index in [1.807, 2.05) is 32.9 Å². The van der Waals surface area contributed by atoms with Crippen LogP contribution in [0.3, 0.4) is 0 Å². The van der Waals surface area contributed by atoms with Gasteiger partial charge in [-0.25, -0.2) is 4.39 Å². The van der Waals surface area contributed by atoms with Crippen molar-refractivity contribution in [3.63, 3.8) is 0 Å². The third-order valence-corrected chi connectivity index (χ3v) is 4.24. The zero-order chi connectivity index (χ0) is 16.4. The van der Waals surface area contributed by atoms with Crippen molar-refractivity contribution < 1.29 is 4.39 Å². The Kier molecular flexibility index (Phi) is 5.17. The molecule has 2 aromatic rings. The number of aryl methyl sites for hydroxylation is 1. The van der Waals surface area contributed by atoms with Gasteiger partial charge >= 0.3 is 0 Å². The third-order valence-electron chi connectivity index (χ3n) is 3.72. The molecule has 2 heterocycles. The van der Waals surface area contributed by atoms with Crippen molar-refractivity contribution in [1.29, 1.82) is 0 Å². The van der Waals surface area contributed by atoms with Gasteiger partial charge in [-0.05, 0) is 42.0 Å². The average Bonchev–Trinajstić information content (AvgIpc) is 2.45. The molecule has 0 saturated heterocycles. The monoisotopic (exact) mass is 320 g/mol. The Morgan fingerprint density at radius 2 is 1.73 bits per heavy atom. The van der Waals surface area contributed by atoms with E-state index in [1.165, 1.54) is 6.20 Å². The van der Waals surface area contributed by atoms with Crippen LogP contribution < -0.4 is 0 Å². The van der Waals surface area contributed by atoms with Gasteiger partial charge in [-0.1, -0.05) is 39.3 Å². The summed E-state index contributed by atoms with van der Waals surface area (Å²) in [7, 11) is 0. The Labute approximate surface area is 136 Å². The van der Waals surface area contributed by atoms with Crippen LogP contribution >= 0.6 is 11.6 Å². The molecule has 0 amide bonds. The summed E-state index contributed by atoms with van der Waals surface area (Å²) in [6, 6.07) is 3.81. The Morgan fingerprint density at radius 1 is 1.09 bits per heavy atom. The van der Waals surface area contributed by atoms with Crippen molar-refractivity contribution in [2.24, 2.45) is 0 Å². The highest BCUT2D eigenvalue weighted by molar-refractivity contribution is 6.32. The topological polar surface area (TPSA) is 25.8 Å². The average molecular weight is 321 g/mol. The van der Waals surface area contributed by atoms with Gasteiger partial charge in [-0.15, -0.1) is 0 Å². The van der Waals surface area contributed by atoms with Gasteiger partial charge in [0.1, 0.15) is 5.82 Å². The number of nitrogens with zero attached hydrogens (tertiary/aromatic N) is 2. The summed E-state index contributed by atoms with van der Waals surface area (Å²) in [6.07, 6.45) is 1.67. The molecule has 0 saturated carbocycles. The van der Waals surface area contributed by atoms with E-state index in [0.717, 1.165) is 22.6 Å². The Hall–Kier alpha value is -1.48. The van der Waals surface area contributed by atoms with Crippen LogP contribution in [0.2, 0.25) is 5.02 Å². The Morgan fingerprint density at radius 3 is 2.32 bits per heavy atom. The third kappa shape index (κ3) is 3.64. The Balaban J connectivity index is 2.44. The molecule has 0 spiro atoms. The molecule has 0 aliphatic carbocycles. The van der Waals surface area contributed by atoms with Crippen LogP contribution in [0, 0.1) is 12.7 Å². The van der Waals surface area contributed by atoms with E-state index in [1.54, 1.807) is 0 Å². The highest BCUT2D eigenvalue weighted by Gasteiger charge is 2.14. The SMILES string of the molecule is Cc1cc(C(C)C)nc(Cc2cc(C(C)C)ncc2F)c1Cl. The van der Waals surface area contributed by atoms with Crippen LogP contribution in [0.25, 0.3) is 0 Å². The zero-order valence-corrected chi connectivity index (χ0v) is 14.5. The molecule has 0 aromatic carbocycles. The first-order valence-corrected chi connectivity index (χ1v) is 7.97. The fourth-order valence-corrected chi connectivity index (χ4v) is 2.46. The lowest BCUT2D eigenvalue weighted by Crippen LogP contribution is -2.04. The van der Waals surface area contributed by atoms with E-state index in [9.17, 15) is 4.39 Å². The molecule has 2 nitrogen and oxygen atoms in total. The maximum absolute atomic E-state index is 14.1. The van der Waals surface area contributed by atoms with Crippen molar-refractivity contribution in [2.75, 3.05) is 0 Å². The van der Waals surface area contributed by atoms with E-state index in [0.29, 0.717) is 22.9 Å². The lowest BCUT2D eigenvalue weighted by atomic mass is 10.0. The van der Waals surface area contributed by atoms with Crippen molar-refractivity contribution >= 4 is 11.6 Å². The molecule has 0 radical (unpaired) electrons. The maximum Gasteiger partial charge on any atom is 0.145 e. The fraction of sp³-hybridized carbons (Fsp3) is 0.444. The zero-order valence-electron chi connectivity index (χ0n) is 13.7. The van der Waals surface area contributed by atoms with Crippen molar-refractivity contribution in [2.45, 2.75) is 52.9 Å². The van der Waals surface area contributed by atoms with Crippen molar-refractivity contribution in [1.82, 2.24) is 9.97 Å². The lowest BCUT2D eigenvalue weighted by molar-refractivity contribution is 0.601. The maximum atomic E-state index is 14.1. The van der Waals surface area contributed by atoms with Gasteiger partial charge in [-0.2, -0.15) is 0 Å². The van der Waals surface area contributed by atoms with E-state index in [4.69, 9.17) is 11.6 Å². The first-order valence-electron chi connectivity index (χ1n) is 7.59. The summed E-state index contributed by atoms with van der Waals surface area (Å²) in [5.41, 5.74) is 4.16. The quantitative estimate of drug-likeness (QED) is 0.752. The number of rotatable bonds is 4.